The zero-order valence-electron chi connectivity index (χ0n) is 20.0. The zero-order valence-corrected chi connectivity index (χ0v) is 20.8. The molecular formula is C24H25N7O4S. The van der Waals surface area contributed by atoms with Crippen molar-refractivity contribution in [2.75, 3.05) is 23.7 Å². The maximum absolute atomic E-state index is 12.7. The van der Waals surface area contributed by atoms with Gasteiger partial charge in [-0.25, -0.2) is 18.4 Å². The lowest BCUT2D eigenvalue weighted by Crippen LogP contribution is -2.30. The van der Waals surface area contributed by atoms with Gasteiger partial charge in [0.1, 0.15) is 6.33 Å². The number of nitrogens with one attached hydrogen (secondary N) is 2. The summed E-state index contributed by atoms with van der Waals surface area (Å²) in [6, 6.07) is 15.2. The first-order chi connectivity index (χ1) is 17.2. The molecule has 0 unspecified atom stereocenters. The van der Waals surface area contributed by atoms with Crippen LogP contribution in [0.25, 0.3) is 10.9 Å². The monoisotopic (exact) mass is 507 g/mol. The van der Waals surface area contributed by atoms with E-state index in [1.165, 1.54) is 34.9 Å². The molecule has 0 atom stereocenters. The summed E-state index contributed by atoms with van der Waals surface area (Å²) in [5.41, 5.74) is 2.30. The summed E-state index contributed by atoms with van der Waals surface area (Å²) in [6.45, 7) is 6.14. The van der Waals surface area contributed by atoms with E-state index in [-0.39, 0.29) is 22.2 Å². The molecule has 0 fully saturated rings. The van der Waals surface area contributed by atoms with Crippen LogP contribution in [-0.2, 0) is 10.0 Å². The van der Waals surface area contributed by atoms with E-state index in [9.17, 15) is 18.5 Å². The van der Waals surface area contributed by atoms with Crippen LogP contribution in [0.4, 0.5) is 28.7 Å². The minimum Gasteiger partial charge on any atom is -0.334 e. The van der Waals surface area contributed by atoms with Crippen molar-refractivity contribution in [3.63, 3.8) is 0 Å². The van der Waals surface area contributed by atoms with Crippen LogP contribution in [0.1, 0.15) is 19.5 Å². The molecule has 11 nitrogen and oxygen atoms in total. The smallest absolute Gasteiger partial charge is 0.334 e. The van der Waals surface area contributed by atoms with Gasteiger partial charge in [0.15, 0.2) is 0 Å². The largest absolute Gasteiger partial charge is 0.353 e. The second-order valence-corrected chi connectivity index (χ2v) is 9.80. The summed E-state index contributed by atoms with van der Waals surface area (Å²) in [5, 5.41) is 18.7. The molecule has 0 aliphatic carbocycles. The number of benzene rings is 2. The van der Waals surface area contributed by atoms with Crippen LogP contribution < -0.4 is 10.6 Å². The molecule has 2 aromatic carbocycles. The number of anilines is 4. The predicted octanol–water partition coefficient (Wildman–Crippen LogP) is 4.76. The molecule has 0 aliphatic heterocycles. The number of rotatable bonds is 9. The molecule has 4 aromatic rings. The summed E-state index contributed by atoms with van der Waals surface area (Å²) < 4.78 is 26.8. The summed E-state index contributed by atoms with van der Waals surface area (Å²) in [5.74, 6) is -0.0302. The lowest BCUT2D eigenvalue weighted by Gasteiger charge is -2.18. The Bertz CT molecular complexity index is 1520. The Kier molecular flexibility index (Phi) is 7.08. The van der Waals surface area contributed by atoms with Crippen LogP contribution in [0.5, 0.6) is 0 Å². The van der Waals surface area contributed by atoms with Gasteiger partial charge < -0.3 is 10.6 Å². The second-order valence-electron chi connectivity index (χ2n) is 7.87. The van der Waals surface area contributed by atoms with Crippen LogP contribution in [0.15, 0.2) is 65.8 Å². The predicted molar refractivity (Wildman–Crippen MR) is 138 cm³/mol. The Morgan fingerprint density at radius 3 is 2.25 bits per heavy atom. The van der Waals surface area contributed by atoms with Gasteiger partial charge in [-0.1, -0.05) is 19.9 Å². The minimum atomic E-state index is -3.62. The van der Waals surface area contributed by atoms with Crippen LogP contribution >= 0.6 is 0 Å². The van der Waals surface area contributed by atoms with Gasteiger partial charge in [0, 0.05) is 35.5 Å². The van der Waals surface area contributed by atoms with E-state index in [2.05, 4.69) is 25.6 Å². The summed E-state index contributed by atoms with van der Waals surface area (Å²) in [7, 11) is -3.62. The average molecular weight is 508 g/mol. The van der Waals surface area contributed by atoms with Crippen molar-refractivity contribution in [1.29, 1.82) is 0 Å². The Morgan fingerprint density at radius 2 is 1.61 bits per heavy atom. The highest BCUT2D eigenvalue weighted by Crippen LogP contribution is 2.35. The molecule has 12 heteroatoms. The van der Waals surface area contributed by atoms with Gasteiger partial charge in [-0.2, -0.15) is 4.31 Å². The van der Waals surface area contributed by atoms with E-state index in [1.807, 2.05) is 25.1 Å². The van der Waals surface area contributed by atoms with E-state index >= 15 is 0 Å². The topological polar surface area (TPSA) is 143 Å². The molecule has 4 rings (SSSR count). The normalized spacial score (nSPS) is 11.6. The highest BCUT2D eigenvalue weighted by molar-refractivity contribution is 7.89. The molecule has 186 valence electrons. The molecule has 2 heterocycles. The van der Waals surface area contributed by atoms with E-state index in [0.717, 1.165) is 16.6 Å². The number of fused-ring (bicyclic) bond motifs is 1. The Hall–Kier alpha value is -4.16. The molecule has 0 aliphatic rings. The standard InChI is InChI=1S/C24H25N7O4S/c1-4-30(5-2)36(34,35)18-12-10-17(11-13-18)28-23-22(31(32)33)24(26-15-25-23)29-21-8-6-7-20-19(21)14-9-16(3)27-20/h6-15H,4-5H2,1-3H3,(H2,25,26,28,29). The Labute approximate surface area is 208 Å². The molecule has 36 heavy (non-hydrogen) atoms. The van der Waals surface area contributed by atoms with Gasteiger partial charge in [0.2, 0.25) is 21.7 Å². The highest BCUT2D eigenvalue weighted by Gasteiger charge is 2.25. The van der Waals surface area contributed by atoms with E-state index in [1.54, 1.807) is 26.0 Å². The third-order valence-corrected chi connectivity index (χ3v) is 7.65. The number of aryl methyl sites for hydroxylation is 1. The quantitative estimate of drug-likeness (QED) is 0.242. The number of sulfonamides is 1. The Morgan fingerprint density at radius 1 is 0.944 bits per heavy atom. The van der Waals surface area contributed by atoms with Gasteiger partial charge in [0.05, 0.1) is 15.3 Å². The SMILES string of the molecule is CCN(CC)S(=O)(=O)c1ccc(Nc2ncnc(Nc3cccc4nc(C)ccc34)c2[N+](=O)[O-])cc1. The number of aromatic nitrogens is 3. The molecule has 0 radical (unpaired) electrons. The maximum Gasteiger partial charge on any atom is 0.353 e. The number of nitro groups is 1. The first-order valence-electron chi connectivity index (χ1n) is 11.2. The summed E-state index contributed by atoms with van der Waals surface area (Å²) in [6.07, 6.45) is 1.21. The molecule has 2 aromatic heterocycles. The first kappa shape index (κ1) is 24.9. The summed E-state index contributed by atoms with van der Waals surface area (Å²) >= 11 is 0. The molecule has 2 N–H and O–H groups in total. The summed E-state index contributed by atoms with van der Waals surface area (Å²) in [4.78, 5) is 24.2. The number of hydrogen-bond donors (Lipinski definition) is 2. The number of hydrogen-bond acceptors (Lipinski definition) is 9. The lowest BCUT2D eigenvalue weighted by atomic mass is 10.1. The van der Waals surface area contributed by atoms with Crippen LogP contribution in [-0.4, -0.2) is 45.7 Å². The van der Waals surface area contributed by atoms with Crippen molar-refractivity contribution in [1.82, 2.24) is 19.3 Å². The van der Waals surface area contributed by atoms with E-state index in [4.69, 9.17) is 0 Å². The molecule has 0 amide bonds. The fourth-order valence-electron chi connectivity index (χ4n) is 3.79. The maximum atomic E-state index is 12.7. The fraction of sp³-hybridized carbons (Fsp3) is 0.208. The van der Waals surface area contributed by atoms with E-state index < -0.39 is 14.9 Å². The van der Waals surface area contributed by atoms with Gasteiger partial charge >= 0.3 is 5.69 Å². The molecule has 0 spiro atoms. The zero-order chi connectivity index (χ0) is 25.9. The van der Waals surface area contributed by atoms with Crippen LogP contribution in [0.3, 0.4) is 0 Å². The first-order valence-corrected chi connectivity index (χ1v) is 12.7. The van der Waals surface area contributed by atoms with E-state index in [0.29, 0.717) is 24.5 Å². The fourth-order valence-corrected chi connectivity index (χ4v) is 5.25. The average Bonchev–Trinajstić information content (AvgIpc) is 2.85. The van der Waals surface area contributed by atoms with Crippen molar-refractivity contribution in [3.05, 3.63) is 76.7 Å². The molecular weight excluding hydrogens is 482 g/mol. The van der Waals surface area contributed by atoms with Crippen molar-refractivity contribution in [2.45, 2.75) is 25.7 Å². The van der Waals surface area contributed by atoms with Gasteiger partial charge in [0.25, 0.3) is 0 Å². The number of pyridine rings is 1. The minimum absolute atomic E-state index is 0.00584. The molecule has 0 saturated heterocycles. The highest BCUT2D eigenvalue weighted by atomic mass is 32.2. The van der Waals surface area contributed by atoms with Gasteiger partial charge in [-0.05, 0) is 55.5 Å². The Balaban J connectivity index is 1.66. The number of nitrogens with zero attached hydrogens (tertiary/aromatic N) is 5. The van der Waals surface area contributed by atoms with Crippen LogP contribution in [0, 0.1) is 17.0 Å². The van der Waals surface area contributed by atoms with Crippen molar-refractivity contribution in [3.8, 4) is 0 Å². The third-order valence-electron chi connectivity index (χ3n) is 5.59. The van der Waals surface area contributed by atoms with Crippen molar-refractivity contribution in [2.24, 2.45) is 0 Å². The van der Waals surface area contributed by atoms with Crippen LogP contribution in [0.2, 0.25) is 0 Å². The third kappa shape index (κ3) is 4.95. The van der Waals surface area contributed by atoms with Gasteiger partial charge in [-0.3, -0.25) is 15.1 Å². The second kappa shape index (κ2) is 10.2. The van der Waals surface area contributed by atoms with Gasteiger partial charge in [-0.15, -0.1) is 0 Å². The lowest BCUT2D eigenvalue weighted by molar-refractivity contribution is -0.383. The van der Waals surface area contributed by atoms with Crippen molar-refractivity contribution >= 4 is 49.6 Å². The van der Waals surface area contributed by atoms with Crippen molar-refractivity contribution < 1.29 is 13.3 Å². The molecule has 0 bridgehead atoms. The molecule has 0 saturated carbocycles.